The molecule has 0 saturated carbocycles. The van der Waals surface area contributed by atoms with Gasteiger partial charge in [0.15, 0.2) is 0 Å². The van der Waals surface area contributed by atoms with Gasteiger partial charge in [0.2, 0.25) is 0 Å². The van der Waals surface area contributed by atoms with Crippen LogP contribution in [0, 0.1) is 0 Å². The van der Waals surface area contributed by atoms with E-state index in [0.717, 1.165) is 9.47 Å². The molecule has 0 amide bonds. The van der Waals surface area contributed by atoms with Gasteiger partial charge in [0.05, 0.1) is 0 Å². The van der Waals surface area contributed by atoms with Crippen LogP contribution >= 0.6 is 0 Å². The van der Waals surface area contributed by atoms with E-state index < -0.39 is 88.1 Å². The maximum atomic E-state index is 13.5. The summed E-state index contributed by atoms with van der Waals surface area (Å²) in [5.74, 6) is -51.8. The van der Waals surface area contributed by atoms with Gasteiger partial charge in [-0.3, -0.25) is 0 Å². The number of halogens is 27. The van der Waals surface area contributed by atoms with Gasteiger partial charge in [-0.1, -0.05) is 0 Å². The molecule has 0 heterocycles. The lowest BCUT2D eigenvalue weighted by atomic mass is 10.1. The first kappa shape index (κ1) is 43.9. The van der Waals surface area contributed by atoms with Gasteiger partial charge in [-0.15, -0.1) is 0 Å². The molecule has 0 saturated heterocycles. The zero-order valence-corrected chi connectivity index (χ0v) is 20.0. The minimum absolute atomic E-state index is 0.789. The molecule has 0 aromatic heterocycles. The number of rotatable bonds is 14. The van der Waals surface area contributed by atoms with Crippen LogP contribution < -0.4 is 0 Å². The second-order valence-corrected chi connectivity index (χ2v) is 9.14. The molecule has 5 nitrogen and oxygen atoms in total. The first-order valence-electron chi connectivity index (χ1n) is 9.18. The largest absolute Gasteiger partial charge is 0.523 e. The molecular weight excluding hydrogens is 781 g/mol. The summed E-state index contributed by atoms with van der Waals surface area (Å²) in [7, 11) is -7.89. The van der Waals surface area contributed by atoms with Gasteiger partial charge in [-0.25, -0.2) is 18.0 Å². The molecule has 0 aromatic rings. The summed E-state index contributed by atoms with van der Waals surface area (Å²) in [6.07, 6.45) is -49.0. The lowest BCUT2D eigenvalue weighted by Crippen LogP contribution is -2.69. The average molecular weight is 782 g/mol. The smallest absolute Gasteiger partial charge is 0.245 e. The Morgan fingerprint density at radius 3 is 0.870 bits per heavy atom. The van der Waals surface area contributed by atoms with E-state index in [1.165, 1.54) is 0 Å². The van der Waals surface area contributed by atoms with Crippen molar-refractivity contribution < 1.29 is 141 Å². The van der Waals surface area contributed by atoms with Gasteiger partial charge in [0, 0.05) is 0 Å². The van der Waals surface area contributed by atoms with Crippen LogP contribution in [0.5, 0.6) is 0 Å². The van der Waals surface area contributed by atoms with Crippen molar-refractivity contribution in [1.29, 1.82) is 0 Å². The Morgan fingerprint density at radius 1 is 0.391 bits per heavy atom. The number of hydrogen-bond donors (Lipinski definition) is 0. The molecule has 1 atom stereocenters. The maximum Gasteiger partial charge on any atom is 0.523 e. The van der Waals surface area contributed by atoms with Crippen molar-refractivity contribution >= 4 is 10.1 Å². The summed E-state index contributed by atoms with van der Waals surface area (Å²) in [4.78, 5) is 0. The molecule has 0 radical (unpaired) electrons. The van der Waals surface area contributed by atoms with Crippen molar-refractivity contribution in [2.45, 2.75) is 78.0 Å². The van der Waals surface area contributed by atoms with E-state index in [1.54, 1.807) is 4.18 Å². The SMILES string of the molecule is O=S(=O)(OC(F)C(F)(F)C(F)(F)C(F)(F)OC(F)(F)C(F)(F)C(F)(F)C(F)(F)OC(F)(F)C(F)(F)C(F)(F)C(F)(F)F)C(F)(F)F. The van der Waals surface area contributed by atoms with Gasteiger partial charge in [0.25, 0.3) is 6.36 Å². The molecule has 0 aliphatic carbocycles. The molecule has 0 fully saturated rings. The molecule has 33 heteroatoms. The summed E-state index contributed by atoms with van der Waals surface area (Å²) in [6.45, 7) is 0. The van der Waals surface area contributed by atoms with E-state index in [0.29, 0.717) is 0 Å². The molecule has 1 unspecified atom stereocenters. The minimum atomic E-state index is -9.08. The highest BCUT2D eigenvalue weighted by Crippen LogP contribution is 2.60. The summed E-state index contributed by atoms with van der Waals surface area (Å²) in [6, 6.07) is 0. The Bertz CT molecular complexity index is 1200. The molecule has 278 valence electrons. The van der Waals surface area contributed by atoms with E-state index >= 15 is 0 Å². The summed E-state index contributed by atoms with van der Waals surface area (Å²) in [5.41, 5.74) is -7.08. The van der Waals surface area contributed by atoms with Crippen LogP contribution in [0.3, 0.4) is 0 Å². The fourth-order valence-electron chi connectivity index (χ4n) is 1.87. The molecule has 46 heavy (non-hydrogen) atoms. The molecular formula is C13HF27O5S. The average Bonchev–Trinajstić information content (AvgIpc) is 2.74. The predicted octanol–water partition coefficient (Wildman–Crippen LogP) is 7.93. The van der Waals surface area contributed by atoms with Gasteiger partial charge in [-0.2, -0.15) is 123 Å². The second-order valence-electron chi connectivity index (χ2n) is 7.58. The van der Waals surface area contributed by atoms with Crippen LogP contribution in [0.15, 0.2) is 0 Å². The Hall–Kier alpha value is -2.06. The predicted molar refractivity (Wildman–Crippen MR) is 78.7 cm³/mol. The lowest BCUT2D eigenvalue weighted by molar-refractivity contribution is -0.544. The third-order valence-corrected chi connectivity index (χ3v) is 5.31. The van der Waals surface area contributed by atoms with Crippen molar-refractivity contribution in [2.24, 2.45) is 0 Å². The van der Waals surface area contributed by atoms with Crippen molar-refractivity contribution in [3.8, 4) is 0 Å². The van der Waals surface area contributed by atoms with Crippen LogP contribution in [-0.4, -0.2) is 86.4 Å². The Balaban J connectivity index is 6.73. The molecule has 0 aromatic carbocycles. The third kappa shape index (κ3) is 6.76. The third-order valence-electron chi connectivity index (χ3n) is 4.32. The highest BCUT2D eigenvalue weighted by atomic mass is 32.2. The monoisotopic (exact) mass is 782 g/mol. The molecule has 0 spiro atoms. The van der Waals surface area contributed by atoms with Crippen molar-refractivity contribution in [2.75, 3.05) is 0 Å². The Labute approximate surface area is 230 Å². The van der Waals surface area contributed by atoms with Crippen molar-refractivity contribution in [3.63, 3.8) is 0 Å². The molecule has 0 bridgehead atoms. The van der Waals surface area contributed by atoms with Gasteiger partial charge < -0.3 is 0 Å². The lowest BCUT2D eigenvalue weighted by Gasteiger charge is -2.40. The van der Waals surface area contributed by atoms with Crippen LogP contribution in [0.25, 0.3) is 0 Å². The van der Waals surface area contributed by atoms with Crippen LogP contribution in [0.1, 0.15) is 0 Å². The second kappa shape index (κ2) is 11.2. The summed E-state index contributed by atoms with van der Waals surface area (Å²) < 4.78 is 373. The topological polar surface area (TPSA) is 61.8 Å². The minimum Gasteiger partial charge on any atom is -0.245 e. The van der Waals surface area contributed by atoms with Crippen LogP contribution in [0.2, 0.25) is 0 Å². The van der Waals surface area contributed by atoms with E-state index in [9.17, 15) is 127 Å². The molecule has 0 N–H and O–H groups in total. The summed E-state index contributed by atoms with van der Waals surface area (Å²) in [5, 5.41) is 0. The van der Waals surface area contributed by atoms with Crippen molar-refractivity contribution in [3.05, 3.63) is 0 Å². The zero-order valence-electron chi connectivity index (χ0n) is 19.2. The van der Waals surface area contributed by atoms with Gasteiger partial charge in [-0.05, 0) is 0 Å². The van der Waals surface area contributed by atoms with Crippen molar-refractivity contribution in [1.82, 2.24) is 0 Å². The first-order chi connectivity index (χ1) is 19.3. The van der Waals surface area contributed by atoms with E-state index in [2.05, 4.69) is 0 Å². The number of ether oxygens (including phenoxy) is 2. The zero-order chi connectivity index (χ0) is 38.2. The Kier molecular flexibility index (Phi) is 10.7. The van der Waals surface area contributed by atoms with Gasteiger partial charge >= 0.3 is 81.8 Å². The molecule has 0 rings (SSSR count). The van der Waals surface area contributed by atoms with Crippen LogP contribution in [0.4, 0.5) is 119 Å². The fraction of sp³-hybridized carbons (Fsp3) is 1.00. The number of hydrogen-bond acceptors (Lipinski definition) is 5. The quantitative estimate of drug-likeness (QED) is 0.102. The standard InChI is InChI=1S/C13HF27O5S/c14-1(43-46(41,42)13(38,39)40)2(15,16)3(17,18)9(30,31)44-11(34,35)6(23,24)7(25,26)12(36,37)45-10(32,33)5(21,22)4(19,20)8(27,28)29/h1H. The highest BCUT2D eigenvalue weighted by molar-refractivity contribution is 7.87. The maximum absolute atomic E-state index is 13.5. The van der Waals surface area contributed by atoms with E-state index in [-0.39, 0.29) is 0 Å². The molecule has 0 aliphatic heterocycles. The number of alkyl halides is 27. The fourth-order valence-corrected chi connectivity index (χ4v) is 2.32. The normalized spacial score (nSPS) is 17.4. The Morgan fingerprint density at radius 2 is 0.630 bits per heavy atom. The highest BCUT2D eigenvalue weighted by Gasteiger charge is 2.90. The van der Waals surface area contributed by atoms with E-state index in [1.807, 2.05) is 0 Å². The van der Waals surface area contributed by atoms with Crippen LogP contribution in [-0.2, 0) is 23.8 Å². The molecule has 0 aliphatic rings. The van der Waals surface area contributed by atoms with E-state index in [4.69, 9.17) is 0 Å². The summed E-state index contributed by atoms with van der Waals surface area (Å²) >= 11 is 0. The van der Waals surface area contributed by atoms with Gasteiger partial charge in [0.1, 0.15) is 0 Å². The first-order valence-corrected chi connectivity index (χ1v) is 10.6.